The van der Waals surface area contributed by atoms with Crippen LogP contribution in [-0.2, 0) is 23.1 Å². The van der Waals surface area contributed by atoms with E-state index in [9.17, 15) is 8.42 Å². The monoisotopic (exact) mass is 324 g/mol. The average molecular weight is 325 g/mol. The van der Waals surface area contributed by atoms with E-state index >= 15 is 0 Å². The van der Waals surface area contributed by atoms with E-state index in [0.29, 0.717) is 10.6 Å². The molecule has 0 aliphatic rings. The molecular formula is C15H17ClN2O2S. The Morgan fingerprint density at radius 3 is 2.52 bits per heavy atom. The lowest BCUT2D eigenvalue weighted by atomic mass is 10.2. The first-order valence-electron chi connectivity index (χ1n) is 6.44. The highest BCUT2D eigenvalue weighted by Gasteiger charge is 2.23. The number of nitrogens with two attached hydrogens (primary N) is 1. The van der Waals surface area contributed by atoms with Gasteiger partial charge in [-0.25, -0.2) is 8.42 Å². The van der Waals surface area contributed by atoms with Crippen LogP contribution in [0.1, 0.15) is 11.1 Å². The Bertz CT molecular complexity index is 732. The van der Waals surface area contributed by atoms with Crippen LogP contribution in [-0.4, -0.2) is 19.8 Å². The Balaban J connectivity index is 2.31. The van der Waals surface area contributed by atoms with Gasteiger partial charge in [0.05, 0.1) is 4.90 Å². The van der Waals surface area contributed by atoms with Crippen molar-refractivity contribution in [2.75, 3.05) is 7.05 Å². The van der Waals surface area contributed by atoms with Gasteiger partial charge in [-0.3, -0.25) is 0 Å². The molecule has 0 spiro atoms. The lowest BCUT2D eigenvalue weighted by Crippen LogP contribution is -2.27. The van der Waals surface area contributed by atoms with Crippen LogP contribution in [0.15, 0.2) is 53.4 Å². The van der Waals surface area contributed by atoms with Crippen LogP contribution in [0, 0.1) is 0 Å². The van der Waals surface area contributed by atoms with E-state index in [0.717, 1.165) is 5.56 Å². The van der Waals surface area contributed by atoms with E-state index in [1.807, 2.05) is 6.07 Å². The van der Waals surface area contributed by atoms with Gasteiger partial charge in [-0.15, -0.1) is 0 Å². The lowest BCUT2D eigenvalue weighted by molar-refractivity contribution is 0.466. The van der Waals surface area contributed by atoms with E-state index in [-0.39, 0.29) is 18.0 Å². The van der Waals surface area contributed by atoms with E-state index in [1.165, 1.54) is 4.31 Å². The SMILES string of the molecule is CN(Cc1cccc(Cl)c1)S(=O)(=O)c1ccccc1CN. The summed E-state index contributed by atoms with van der Waals surface area (Å²) in [5.74, 6) is 0. The molecule has 4 nitrogen and oxygen atoms in total. The third kappa shape index (κ3) is 3.63. The van der Waals surface area contributed by atoms with Crippen molar-refractivity contribution in [3.8, 4) is 0 Å². The number of hydrogen-bond acceptors (Lipinski definition) is 3. The second-order valence-corrected chi connectivity index (χ2v) is 7.15. The maximum absolute atomic E-state index is 12.6. The smallest absolute Gasteiger partial charge is 0.243 e. The van der Waals surface area contributed by atoms with Gasteiger partial charge in [0.1, 0.15) is 0 Å². The predicted molar refractivity (Wildman–Crippen MR) is 84.4 cm³/mol. The Hall–Kier alpha value is -1.40. The molecule has 2 N–H and O–H groups in total. The molecule has 0 fully saturated rings. The molecule has 0 radical (unpaired) electrons. The van der Waals surface area contributed by atoms with E-state index in [1.54, 1.807) is 49.5 Å². The normalized spacial score (nSPS) is 11.8. The number of sulfonamides is 1. The molecule has 0 amide bonds. The summed E-state index contributed by atoms with van der Waals surface area (Å²) in [6.45, 7) is 0.433. The molecule has 0 aliphatic heterocycles. The molecular weight excluding hydrogens is 308 g/mol. The third-order valence-corrected chi connectivity index (χ3v) is 5.31. The van der Waals surface area contributed by atoms with Gasteiger partial charge in [-0.05, 0) is 29.3 Å². The van der Waals surface area contributed by atoms with Gasteiger partial charge in [-0.1, -0.05) is 41.9 Å². The number of benzene rings is 2. The minimum absolute atomic E-state index is 0.181. The highest BCUT2D eigenvalue weighted by molar-refractivity contribution is 7.89. The molecule has 2 aromatic carbocycles. The molecule has 0 aromatic heterocycles. The summed E-state index contributed by atoms with van der Waals surface area (Å²) in [6.07, 6.45) is 0. The van der Waals surface area contributed by atoms with Crippen LogP contribution in [0.3, 0.4) is 0 Å². The molecule has 2 rings (SSSR count). The van der Waals surface area contributed by atoms with Crippen molar-refractivity contribution in [1.29, 1.82) is 0 Å². The highest BCUT2D eigenvalue weighted by Crippen LogP contribution is 2.21. The number of halogens is 1. The Labute approximate surface area is 130 Å². The summed E-state index contributed by atoms with van der Waals surface area (Å²) in [4.78, 5) is 0.247. The summed E-state index contributed by atoms with van der Waals surface area (Å²) >= 11 is 5.92. The number of rotatable bonds is 5. The third-order valence-electron chi connectivity index (χ3n) is 3.18. The van der Waals surface area contributed by atoms with E-state index in [4.69, 9.17) is 17.3 Å². The molecule has 0 aliphatic carbocycles. The van der Waals surface area contributed by atoms with E-state index < -0.39 is 10.0 Å². The minimum atomic E-state index is -3.58. The Morgan fingerprint density at radius 2 is 1.86 bits per heavy atom. The van der Waals surface area contributed by atoms with Crippen LogP contribution in [0.4, 0.5) is 0 Å². The van der Waals surface area contributed by atoms with Crippen molar-refractivity contribution < 1.29 is 8.42 Å². The van der Waals surface area contributed by atoms with Crippen LogP contribution >= 0.6 is 11.6 Å². The van der Waals surface area contributed by atoms with Crippen molar-refractivity contribution in [1.82, 2.24) is 4.31 Å². The molecule has 0 atom stereocenters. The van der Waals surface area contributed by atoms with Crippen molar-refractivity contribution >= 4 is 21.6 Å². The van der Waals surface area contributed by atoms with Crippen molar-refractivity contribution in [3.63, 3.8) is 0 Å². The van der Waals surface area contributed by atoms with Gasteiger partial charge >= 0.3 is 0 Å². The molecule has 0 bridgehead atoms. The van der Waals surface area contributed by atoms with Gasteiger partial charge in [-0.2, -0.15) is 4.31 Å². The van der Waals surface area contributed by atoms with Gasteiger partial charge in [0.25, 0.3) is 0 Å². The highest BCUT2D eigenvalue weighted by atomic mass is 35.5. The van der Waals surface area contributed by atoms with Crippen molar-refractivity contribution in [2.24, 2.45) is 5.73 Å². The van der Waals surface area contributed by atoms with Gasteiger partial charge in [0, 0.05) is 25.2 Å². The van der Waals surface area contributed by atoms with Gasteiger partial charge in [0.15, 0.2) is 0 Å². The summed E-state index contributed by atoms with van der Waals surface area (Å²) in [6, 6.07) is 13.9. The zero-order valence-corrected chi connectivity index (χ0v) is 13.2. The first-order chi connectivity index (χ1) is 9.95. The molecule has 0 saturated carbocycles. The first kappa shape index (κ1) is 16.0. The van der Waals surface area contributed by atoms with Crippen LogP contribution in [0.2, 0.25) is 5.02 Å². The van der Waals surface area contributed by atoms with Crippen molar-refractivity contribution in [2.45, 2.75) is 18.0 Å². The lowest BCUT2D eigenvalue weighted by Gasteiger charge is -2.19. The quantitative estimate of drug-likeness (QED) is 0.919. The summed E-state index contributed by atoms with van der Waals surface area (Å²) < 4.78 is 26.6. The molecule has 0 heterocycles. The molecule has 0 unspecified atom stereocenters. The maximum atomic E-state index is 12.6. The average Bonchev–Trinajstić information content (AvgIpc) is 2.47. The maximum Gasteiger partial charge on any atom is 0.243 e. The topological polar surface area (TPSA) is 63.4 Å². The summed E-state index contributed by atoms with van der Waals surface area (Å²) in [7, 11) is -2.04. The molecule has 21 heavy (non-hydrogen) atoms. The summed E-state index contributed by atoms with van der Waals surface area (Å²) in [5, 5.41) is 0.584. The Morgan fingerprint density at radius 1 is 1.14 bits per heavy atom. The predicted octanol–water partition coefficient (Wildman–Crippen LogP) is 2.62. The fourth-order valence-corrected chi connectivity index (χ4v) is 3.67. The minimum Gasteiger partial charge on any atom is -0.326 e. The van der Waals surface area contributed by atoms with Crippen LogP contribution < -0.4 is 5.73 Å². The zero-order chi connectivity index (χ0) is 15.5. The van der Waals surface area contributed by atoms with Crippen molar-refractivity contribution in [3.05, 3.63) is 64.7 Å². The zero-order valence-electron chi connectivity index (χ0n) is 11.7. The number of hydrogen-bond donors (Lipinski definition) is 1. The second-order valence-electron chi connectivity index (χ2n) is 4.70. The first-order valence-corrected chi connectivity index (χ1v) is 8.25. The fourth-order valence-electron chi connectivity index (χ4n) is 2.07. The fraction of sp³-hybridized carbons (Fsp3) is 0.200. The standard InChI is InChI=1S/C15H17ClN2O2S/c1-18(11-12-5-4-7-14(16)9-12)21(19,20)15-8-3-2-6-13(15)10-17/h2-9H,10-11,17H2,1H3. The van der Waals surface area contributed by atoms with E-state index in [2.05, 4.69) is 0 Å². The number of nitrogens with zero attached hydrogens (tertiary/aromatic N) is 1. The van der Waals surface area contributed by atoms with Gasteiger partial charge in [0.2, 0.25) is 10.0 Å². The Kier molecular flexibility index (Phi) is 5.00. The van der Waals surface area contributed by atoms with Crippen LogP contribution in [0.25, 0.3) is 0 Å². The van der Waals surface area contributed by atoms with Gasteiger partial charge < -0.3 is 5.73 Å². The summed E-state index contributed by atoms with van der Waals surface area (Å²) in [5.41, 5.74) is 7.06. The van der Waals surface area contributed by atoms with Crippen LogP contribution in [0.5, 0.6) is 0 Å². The molecule has 6 heteroatoms. The second kappa shape index (κ2) is 6.58. The largest absolute Gasteiger partial charge is 0.326 e. The molecule has 0 saturated heterocycles. The molecule has 112 valence electrons. The molecule has 2 aromatic rings.